The molecular formula is C25H21N3O3. The molecular weight excluding hydrogens is 390 g/mol. The molecule has 0 atom stereocenters. The van der Waals surface area contributed by atoms with Crippen molar-refractivity contribution in [3.63, 3.8) is 0 Å². The van der Waals surface area contributed by atoms with Crippen LogP contribution in [0.1, 0.15) is 20.7 Å². The highest BCUT2D eigenvalue weighted by molar-refractivity contribution is 6.08. The van der Waals surface area contributed by atoms with Crippen molar-refractivity contribution in [1.29, 1.82) is 0 Å². The van der Waals surface area contributed by atoms with Crippen molar-refractivity contribution in [2.75, 3.05) is 23.5 Å². The number of rotatable bonds is 5. The molecule has 154 valence electrons. The van der Waals surface area contributed by atoms with Crippen LogP contribution in [-0.2, 0) is 0 Å². The third-order valence-electron chi connectivity index (χ3n) is 4.92. The molecule has 31 heavy (non-hydrogen) atoms. The minimum atomic E-state index is -0.277. The fraction of sp³-hybridized carbons (Fsp3) is 0.0400. The highest BCUT2D eigenvalue weighted by atomic mass is 16.5. The monoisotopic (exact) mass is 411 g/mol. The van der Waals surface area contributed by atoms with Crippen LogP contribution in [0.15, 0.2) is 84.9 Å². The second-order valence-electron chi connectivity index (χ2n) is 7.00. The van der Waals surface area contributed by atoms with Crippen LogP contribution in [0, 0.1) is 0 Å². The van der Waals surface area contributed by atoms with Gasteiger partial charge in [0.05, 0.1) is 18.5 Å². The van der Waals surface area contributed by atoms with Gasteiger partial charge >= 0.3 is 0 Å². The van der Waals surface area contributed by atoms with Gasteiger partial charge in [0.2, 0.25) is 0 Å². The number of benzene rings is 4. The second kappa shape index (κ2) is 8.59. The van der Waals surface area contributed by atoms with Gasteiger partial charge in [-0.2, -0.15) is 0 Å². The van der Waals surface area contributed by atoms with E-state index < -0.39 is 0 Å². The van der Waals surface area contributed by atoms with Crippen molar-refractivity contribution < 1.29 is 14.3 Å². The SMILES string of the molecule is COc1ccc2cc(C(=O)Nc3ccc(C(=O)Nc4ccccc4N)cc3)ccc2c1. The number of ether oxygens (including phenoxy) is 1. The Hall–Kier alpha value is -4.32. The van der Waals surface area contributed by atoms with Crippen LogP contribution in [0.25, 0.3) is 10.8 Å². The highest BCUT2D eigenvalue weighted by Gasteiger charge is 2.10. The quantitative estimate of drug-likeness (QED) is 0.406. The van der Waals surface area contributed by atoms with Gasteiger partial charge in [-0.1, -0.05) is 24.3 Å². The molecule has 4 aromatic carbocycles. The summed E-state index contributed by atoms with van der Waals surface area (Å²) in [6, 6.07) is 24.9. The van der Waals surface area contributed by atoms with Gasteiger partial charge in [0.1, 0.15) is 5.75 Å². The maximum Gasteiger partial charge on any atom is 0.255 e. The fourth-order valence-corrected chi connectivity index (χ4v) is 3.21. The molecule has 0 aliphatic carbocycles. The summed E-state index contributed by atoms with van der Waals surface area (Å²) < 4.78 is 5.23. The van der Waals surface area contributed by atoms with Crippen molar-refractivity contribution >= 4 is 39.6 Å². The molecule has 0 spiro atoms. The van der Waals surface area contributed by atoms with E-state index in [0.717, 1.165) is 16.5 Å². The zero-order valence-electron chi connectivity index (χ0n) is 16.9. The van der Waals surface area contributed by atoms with Crippen LogP contribution in [0.5, 0.6) is 5.75 Å². The number of carbonyl (C=O) groups is 2. The number of hydrogen-bond donors (Lipinski definition) is 3. The van der Waals surface area contributed by atoms with Crippen molar-refractivity contribution in [2.24, 2.45) is 0 Å². The van der Waals surface area contributed by atoms with Crippen LogP contribution in [0.3, 0.4) is 0 Å². The molecule has 0 aromatic heterocycles. The van der Waals surface area contributed by atoms with E-state index in [9.17, 15) is 9.59 Å². The third-order valence-corrected chi connectivity index (χ3v) is 4.92. The summed E-state index contributed by atoms with van der Waals surface area (Å²) in [6.45, 7) is 0. The van der Waals surface area contributed by atoms with E-state index in [1.165, 1.54) is 0 Å². The number of nitrogens with one attached hydrogen (secondary N) is 2. The summed E-state index contributed by atoms with van der Waals surface area (Å²) in [5.74, 6) is 0.261. The predicted molar refractivity (Wildman–Crippen MR) is 124 cm³/mol. The Kier molecular flexibility index (Phi) is 5.53. The van der Waals surface area contributed by atoms with Gasteiger partial charge in [0.25, 0.3) is 11.8 Å². The first kappa shape index (κ1) is 20.0. The van der Waals surface area contributed by atoms with Crippen molar-refractivity contribution in [3.05, 3.63) is 96.1 Å². The molecule has 6 heteroatoms. The van der Waals surface area contributed by atoms with Crippen molar-refractivity contribution in [1.82, 2.24) is 0 Å². The number of methoxy groups -OCH3 is 1. The molecule has 0 saturated heterocycles. The normalized spacial score (nSPS) is 10.5. The van der Waals surface area contributed by atoms with Crippen LogP contribution in [0.2, 0.25) is 0 Å². The van der Waals surface area contributed by atoms with Gasteiger partial charge in [-0.05, 0) is 71.4 Å². The number of nitrogen functional groups attached to an aromatic ring is 1. The van der Waals surface area contributed by atoms with E-state index in [4.69, 9.17) is 10.5 Å². The van der Waals surface area contributed by atoms with Crippen molar-refractivity contribution in [3.8, 4) is 5.75 Å². The van der Waals surface area contributed by atoms with Crippen LogP contribution < -0.4 is 21.1 Å². The molecule has 0 radical (unpaired) electrons. The molecule has 0 heterocycles. The molecule has 4 N–H and O–H groups in total. The number of amides is 2. The van der Waals surface area contributed by atoms with Gasteiger partial charge in [-0.25, -0.2) is 0 Å². The topological polar surface area (TPSA) is 93.4 Å². The minimum Gasteiger partial charge on any atom is -0.497 e. The minimum absolute atomic E-state index is 0.230. The molecule has 0 bridgehead atoms. The number of carbonyl (C=O) groups excluding carboxylic acids is 2. The first-order chi connectivity index (χ1) is 15.0. The molecule has 0 aliphatic rings. The maximum atomic E-state index is 12.6. The lowest BCUT2D eigenvalue weighted by atomic mass is 10.1. The van der Waals surface area contributed by atoms with Gasteiger partial charge in [0.15, 0.2) is 0 Å². The first-order valence-corrected chi connectivity index (χ1v) is 9.68. The second-order valence-corrected chi connectivity index (χ2v) is 7.00. The molecule has 2 amide bonds. The summed E-state index contributed by atoms with van der Waals surface area (Å²) in [6.07, 6.45) is 0. The van der Waals surface area contributed by atoms with Crippen LogP contribution in [0.4, 0.5) is 17.1 Å². The zero-order valence-corrected chi connectivity index (χ0v) is 16.9. The van der Waals surface area contributed by atoms with Crippen molar-refractivity contribution in [2.45, 2.75) is 0 Å². The van der Waals surface area contributed by atoms with Gasteiger partial charge in [-0.15, -0.1) is 0 Å². The molecule has 0 fully saturated rings. The average molecular weight is 411 g/mol. The van der Waals surface area contributed by atoms with E-state index in [1.54, 1.807) is 61.7 Å². The summed E-state index contributed by atoms with van der Waals surface area (Å²) in [5.41, 5.74) is 8.50. The number of anilines is 3. The third kappa shape index (κ3) is 4.48. The summed E-state index contributed by atoms with van der Waals surface area (Å²) in [5, 5.41) is 7.57. The largest absolute Gasteiger partial charge is 0.497 e. The predicted octanol–water partition coefficient (Wildman–Crippen LogP) is 4.94. The lowest BCUT2D eigenvalue weighted by molar-refractivity contribution is 0.102. The Labute approximate surface area is 179 Å². The number of hydrogen-bond acceptors (Lipinski definition) is 4. The highest BCUT2D eigenvalue weighted by Crippen LogP contribution is 2.23. The zero-order chi connectivity index (χ0) is 21.8. The Bertz CT molecular complexity index is 1270. The van der Waals surface area contributed by atoms with E-state index in [2.05, 4.69) is 10.6 Å². The Morgan fingerprint density at radius 2 is 1.39 bits per heavy atom. The standard InChI is InChI=1S/C25H21N3O3/c1-31-21-13-10-17-14-19(7-6-18(17)15-21)25(30)27-20-11-8-16(9-12-20)24(29)28-23-5-3-2-4-22(23)26/h2-15H,26H2,1H3,(H,27,30)(H,28,29). The summed E-state index contributed by atoms with van der Waals surface area (Å²) in [7, 11) is 1.62. The van der Waals surface area contributed by atoms with Crippen LogP contribution >= 0.6 is 0 Å². The summed E-state index contributed by atoms with van der Waals surface area (Å²) >= 11 is 0. The molecule has 0 saturated carbocycles. The lowest BCUT2D eigenvalue weighted by Gasteiger charge is -2.10. The Balaban J connectivity index is 1.45. The Morgan fingerprint density at radius 3 is 2.13 bits per heavy atom. The smallest absolute Gasteiger partial charge is 0.255 e. The Morgan fingerprint density at radius 1 is 0.742 bits per heavy atom. The fourth-order valence-electron chi connectivity index (χ4n) is 3.21. The number of para-hydroxylation sites is 2. The van der Waals surface area contributed by atoms with Gasteiger partial charge in [0, 0.05) is 16.8 Å². The molecule has 6 nitrogen and oxygen atoms in total. The molecule has 4 rings (SSSR count). The van der Waals surface area contributed by atoms with E-state index in [-0.39, 0.29) is 11.8 Å². The number of nitrogens with two attached hydrogens (primary N) is 1. The van der Waals surface area contributed by atoms with E-state index in [1.807, 2.05) is 30.3 Å². The van der Waals surface area contributed by atoms with Gasteiger partial charge in [-0.3, -0.25) is 9.59 Å². The molecule has 0 aliphatic heterocycles. The first-order valence-electron chi connectivity index (χ1n) is 9.68. The molecule has 0 unspecified atom stereocenters. The van der Waals surface area contributed by atoms with Crippen LogP contribution in [-0.4, -0.2) is 18.9 Å². The average Bonchev–Trinajstić information content (AvgIpc) is 2.80. The molecule has 4 aromatic rings. The number of fused-ring (bicyclic) bond motifs is 1. The lowest BCUT2D eigenvalue weighted by Crippen LogP contribution is -2.14. The van der Waals surface area contributed by atoms with Gasteiger partial charge < -0.3 is 21.1 Å². The van der Waals surface area contributed by atoms with E-state index >= 15 is 0 Å². The maximum absolute atomic E-state index is 12.6. The summed E-state index contributed by atoms with van der Waals surface area (Å²) in [4.78, 5) is 25.1. The van der Waals surface area contributed by atoms with E-state index in [0.29, 0.717) is 28.2 Å².